The molecule has 0 spiro atoms. The number of benzene rings is 2. The minimum Gasteiger partial charge on any atom is -0.486 e. The molecule has 6 aromatic rings. The molecule has 4 nitrogen and oxygen atoms in total. The maximum absolute atomic E-state index is 7.47. The van der Waals surface area contributed by atoms with Crippen LogP contribution in [0, 0.1) is 25.9 Å². The molecule has 5 heteroatoms. The minimum absolute atomic E-state index is 0. The van der Waals surface area contributed by atoms with Gasteiger partial charge in [0.1, 0.15) is 0 Å². The number of furan rings is 1. The topological polar surface area (TPSA) is 51.8 Å². The second-order valence-electron chi connectivity index (χ2n) is 7.46. The van der Waals surface area contributed by atoms with Crippen molar-refractivity contribution < 1.29 is 28.6 Å². The van der Waals surface area contributed by atoms with Gasteiger partial charge in [0, 0.05) is 47.7 Å². The Kier molecular flexibility index (Phi) is 6.12. The summed E-state index contributed by atoms with van der Waals surface area (Å²) in [4.78, 5) is 12.8. The summed E-state index contributed by atoms with van der Waals surface area (Å²) in [6, 6.07) is 30.8. The zero-order valence-corrected chi connectivity index (χ0v) is 20.6. The normalized spacial score (nSPS) is 12.1. The fourth-order valence-electron chi connectivity index (χ4n) is 3.50. The molecular weight excluding hydrogens is 599 g/mol. The smallest absolute Gasteiger partial charge is 0.216 e. The van der Waals surface area contributed by atoms with Crippen LogP contribution in [-0.2, 0) is 20.1 Å². The largest absolute Gasteiger partial charge is 0.486 e. The van der Waals surface area contributed by atoms with Gasteiger partial charge in [-0.05, 0) is 48.9 Å². The molecule has 4 aromatic heterocycles. The number of fused-ring (bicyclic) bond motifs is 3. The molecule has 0 saturated heterocycles. The van der Waals surface area contributed by atoms with Gasteiger partial charge in [-0.25, -0.2) is 4.98 Å². The second kappa shape index (κ2) is 10.5. The predicted molar refractivity (Wildman–Crippen MR) is 132 cm³/mol. The van der Waals surface area contributed by atoms with Gasteiger partial charge in [-0.3, -0.25) is 0 Å². The Morgan fingerprint density at radius 2 is 1.74 bits per heavy atom. The van der Waals surface area contributed by atoms with Gasteiger partial charge in [-0.1, -0.05) is 35.2 Å². The quantitative estimate of drug-likeness (QED) is 0.195. The maximum Gasteiger partial charge on any atom is 0.216 e. The van der Waals surface area contributed by atoms with Gasteiger partial charge in [-0.2, -0.15) is 0 Å². The molecule has 0 saturated carbocycles. The van der Waals surface area contributed by atoms with Crippen molar-refractivity contribution in [2.45, 2.75) is 13.8 Å². The molecule has 0 aliphatic heterocycles. The first-order valence-electron chi connectivity index (χ1n) is 12.0. The van der Waals surface area contributed by atoms with Crippen molar-refractivity contribution >= 4 is 22.1 Å². The Labute approximate surface area is 216 Å². The van der Waals surface area contributed by atoms with E-state index in [2.05, 4.69) is 33.2 Å². The zero-order chi connectivity index (χ0) is 25.1. The van der Waals surface area contributed by atoms with Gasteiger partial charge in [-0.15, -0.1) is 54.1 Å². The first kappa shape index (κ1) is 19.8. The van der Waals surface area contributed by atoms with Gasteiger partial charge >= 0.3 is 0 Å². The van der Waals surface area contributed by atoms with Crippen LogP contribution in [0.2, 0.25) is 0 Å². The van der Waals surface area contributed by atoms with Crippen molar-refractivity contribution in [1.29, 1.82) is 0 Å². The van der Waals surface area contributed by atoms with Crippen molar-refractivity contribution in [2.24, 2.45) is 0 Å². The van der Waals surface area contributed by atoms with E-state index < -0.39 is 6.85 Å². The molecule has 4 heterocycles. The maximum atomic E-state index is 7.47. The van der Waals surface area contributed by atoms with Crippen LogP contribution >= 0.6 is 0 Å². The van der Waals surface area contributed by atoms with Crippen molar-refractivity contribution in [3.63, 3.8) is 0 Å². The number of pyridine rings is 3. The zero-order valence-electron chi connectivity index (χ0n) is 21.2. The summed E-state index contributed by atoms with van der Waals surface area (Å²) in [5.74, 6) is 0. The number of aryl methyl sites for hydroxylation is 2. The molecule has 1 radical (unpaired) electrons. The van der Waals surface area contributed by atoms with Crippen LogP contribution in [-0.4, -0.2) is 15.0 Å². The number of aromatic nitrogens is 3. The van der Waals surface area contributed by atoms with E-state index in [-0.39, 0.29) is 25.8 Å². The van der Waals surface area contributed by atoms with Crippen molar-refractivity contribution in [3.05, 3.63) is 115 Å². The fraction of sp³-hybridized carbons (Fsp3) is 0.0690. The van der Waals surface area contributed by atoms with Crippen molar-refractivity contribution in [2.75, 3.05) is 0 Å². The Bertz CT molecular complexity index is 1620. The van der Waals surface area contributed by atoms with E-state index >= 15 is 0 Å². The molecule has 0 unspecified atom stereocenters. The summed E-state index contributed by atoms with van der Waals surface area (Å²) in [7, 11) is 0. The number of hydrogen-bond acceptors (Lipinski definition) is 4. The van der Waals surface area contributed by atoms with E-state index in [4.69, 9.17) is 8.53 Å². The Hall–Kier alpha value is -3.66. The van der Waals surface area contributed by atoms with Gasteiger partial charge in [0.05, 0.1) is 5.58 Å². The fourth-order valence-corrected chi connectivity index (χ4v) is 3.50. The Morgan fingerprint density at radius 3 is 2.47 bits per heavy atom. The van der Waals surface area contributed by atoms with Crippen LogP contribution in [0.4, 0.5) is 0 Å². The van der Waals surface area contributed by atoms with Crippen molar-refractivity contribution in [1.82, 2.24) is 15.0 Å². The molecular formula is C29H21IrN3O-2. The van der Waals surface area contributed by atoms with Crippen LogP contribution in [0.25, 0.3) is 44.6 Å². The predicted octanol–water partition coefficient (Wildman–Crippen LogP) is 7.01. The van der Waals surface area contributed by atoms with E-state index in [0.29, 0.717) is 11.3 Å². The van der Waals surface area contributed by atoms with Crippen molar-refractivity contribution in [3.8, 4) is 22.5 Å². The van der Waals surface area contributed by atoms with Crippen LogP contribution in [0.15, 0.2) is 95.7 Å². The van der Waals surface area contributed by atoms with Gasteiger partial charge in [0.25, 0.3) is 0 Å². The summed E-state index contributed by atoms with van der Waals surface area (Å²) in [5, 5.41) is 1.64. The monoisotopic (exact) mass is 623 g/mol. The number of nitrogens with zero attached hydrogens (tertiary/aromatic N) is 3. The van der Waals surface area contributed by atoms with E-state index in [1.165, 1.54) is 11.6 Å². The summed E-state index contributed by atoms with van der Waals surface area (Å²) in [5.41, 5.74) is 5.62. The third-order valence-electron chi connectivity index (χ3n) is 5.12. The Morgan fingerprint density at radius 1 is 0.824 bits per heavy atom. The van der Waals surface area contributed by atoms with Gasteiger partial charge in [0.2, 0.25) is 5.71 Å². The standard InChI is InChI=1S/C17H11N2O.C12H10N.Ir/c1-11-8-9-13-12-5-4-6-14(15-7-2-3-10-18-15)16(12)20-17(13)19-11;1-10-7-8-12(13-9-10)11-5-3-2-4-6-11;/h2-5,7-10H,1H3;2-5,7-9H,1H3;/q2*-1;/i1D3;;. The molecule has 0 N–H and O–H groups in total. The van der Waals surface area contributed by atoms with E-state index in [9.17, 15) is 0 Å². The van der Waals surface area contributed by atoms with Crippen LogP contribution in [0.1, 0.15) is 15.4 Å². The third-order valence-corrected chi connectivity index (χ3v) is 5.12. The second-order valence-corrected chi connectivity index (χ2v) is 7.46. The summed E-state index contributed by atoms with van der Waals surface area (Å²) in [6.45, 7) is -0.228. The summed E-state index contributed by atoms with van der Waals surface area (Å²) >= 11 is 0. The molecule has 169 valence electrons. The summed E-state index contributed by atoms with van der Waals surface area (Å²) < 4.78 is 28.3. The van der Waals surface area contributed by atoms with E-state index in [1.54, 1.807) is 18.3 Å². The van der Waals surface area contributed by atoms with Gasteiger partial charge < -0.3 is 14.4 Å². The molecule has 0 amide bonds. The molecule has 0 bridgehead atoms. The minimum atomic E-state index is -2.26. The first-order valence-corrected chi connectivity index (χ1v) is 10.5. The third kappa shape index (κ3) is 4.96. The molecule has 34 heavy (non-hydrogen) atoms. The van der Waals surface area contributed by atoms with E-state index in [1.807, 2.05) is 67.7 Å². The molecule has 0 atom stereocenters. The molecule has 2 aromatic carbocycles. The van der Waals surface area contributed by atoms with Crippen LogP contribution in [0.3, 0.4) is 0 Å². The van der Waals surface area contributed by atoms with E-state index in [0.717, 1.165) is 33.3 Å². The van der Waals surface area contributed by atoms with Gasteiger partial charge in [0.15, 0.2) is 0 Å². The summed E-state index contributed by atoms with van der Waals surface area (Å²) in [6.07, 6.45) is 3.58. The Balaban J connectivity index is 0.000000195. The SMILES string of the molecule is Cc1ccc(-c2[c-]cccc2)nc1.[2H]C([2H])([2H])c1ccc2c(n1)oc1c(-c3ccccn3)[c-]ccc12.[Ir]. The van der Waals surface area contributed by atoms with Crippen LogP contribution in [0.5, 0.6) is 0 Å². The van der Waals surface area contributed by atoms with Crippen LogP contribution < -0.4 is 0 Å². The average molecular weight is 623 g/mol. The average Bonchev–Trinajstić information content (AvgIpc) is 3.28. The molecule has 0 aliphatic rings. The number of rotatable bonds is 2. The number of hydrogen-bond donors (Lipinski definition) is 0. The molecule has 0 aliphatic carbocycles. The molecule has 0 fully saturated rings. The molecule has 6 rings (SSSR count). The first-order chi connectivity index (χ1) is 17.4.